The van der Waals surface area contributed by atoms with Crippen molar-refractivity contribution in [2.75, 3.05) is 38.6 Å². The Balaban J connectivity index is 0.00000380. The Labute approximate surface area is 230 Å². The molecule has 2 aromatic carbocycles. The highest BCUT2D eigenvalue weighted by molar-refractivity contribution is 7.89. The summed E-state index contributed by atoms with van der Waals surface area (Å²) < 4.78 is 29.4. The van der Waals surface area contributed by atoms with E-state index in [9.17, 15) is 13.2 Å². The van der Waals surface area contributed by atoms with E-state index in [1.807, 2.05) is 46.1 Å². The molecule has 1 unspecified atom stereocenters. The fourth-order valence-electron chi connectivity index (χ4n) is 4.78. The van der Waals surface area contributed by atoms with Crippen LogP contribution in [-0.4, -0.2) is 68.3 Å². The lowest BCUT2D eigenvalue weighted by molar-refractivity contribution is 0.0986. The molecule has 37 heavy (non-hydrogen) atoms. The number of nitrogens with zero attached hydrogens (tertiary/aromatic N) is 4. The smallest absolute Gasteiger partial charge is 0.260 e. The molecular formula is C27H37ClN4O3S2. The molecule has 1 aliphatic rings. The number of amides is 1. The third kappa shape index (κ3) is 6.52. The third-order valence-corrected chi connectivity index (χ3v) is 9.83. The van der Waals surface area contributed by atoms with Crippen LogP contribution in [0.25, 0.3) is 10.2 Å². The summed E-state index contributed by atoms with van der Waals surface area (Å²) in [6, 6.07) is 12.5. The summed E-state index contributed by atoms with van der Waals surface area (Å²) in [6.07, 6.45) is 4.45. The number of hydrogen-bond acceptors (Lipinski definition) is 6. The maximum atomic E-state index is 13.7. The van der Waals surface area contributed by atoms with E-state index in [1.165, 1.54) is 11.3 Å². The molecule has 0 N–H and O–H groups in total. The van der Waals surface area contributed by atoms with E-state index in [4.69, 9.17) is 4.98 Å². The van der Waals surface area contributed by atoms with E-state index >= 15 is 0 Å². The number of aromatic nitrogens is 1. The molecule has 0 bridgehead atoms. The van der Waals surface area contributed by atoms with Crippen molar-refractivity contribution in [3.63, 3.8) is 0 Å². The van der Waals surface area contributed by atoms with Gasteiger partial charge in [0, 0.05) is 24.7 Å². The quantitative estimate of drug-likeness (QED) is 0.339. The van der Waals surface area contributed by atoms with Gasteiger partial charge in [-0.05, 0) is 89.1 Å². The van der Waals surface area contributed by atoms with Gasteiger partial charge in [-0.2, -0.15) is 4.31 Å². The second-order valence-corrected chi connectivity index (χ2v) is 12.6. The number of sulfonamides is 1. The van der Waals surface area contributed by atoms with Crippen LogP contribution in [0.5, 0.6) is 0 Å². The average Bonchev–Trinajstić information content (AvgIpc) is 3.31. The molecule has 0 aliphatic carbocycles. The Morgan fingerprint density at radius 1 is 1.11 bits per heavy atom. The number of piperidine rings is 1. The van der Waals surface area contributed by atoms with Crippen molar-refractivity contribution in [1.82, 2.24) is 14.2 Å². The second kappa shape index (κ2) is 12.7. The number of thiazole rings is 1. The standard InChI is InChI=1S/C27H36N4O3S2.ClH/c1-5-22-11-6-7-19-31(22)36(33,34)23-15-13-21(14-16-23)26(32)30(18-9-17-29(3)4)27-28-25-20(2)10-8-12-24(25)35-27;/h8,10,12-16,22H,5-7,9,11,17-19H2,1-4H3;1H. The summed E-state index contributed by atoms with van der Waals surface area (Å²) in [7, 11) is 0.432. The van der Waals surface area contributed by atoms with Gasteiger partial charge in [0.1, 0.15) is 0 Å². The zero-order valence-electron chi connectivity index (χ0n) is 22.0. The number of carbonyl (C=O) groups is 1. The summed E-state index contributed by atoms with van der Waals surface area (Å²) in [5.74, 6) is -0.168. The third-order valence-electron chi connectivity index (χ3n) is 6.82. The highest BCUT2D eigenvalue weighted by atomic mass is 35.5. The number of halogens is 1. The Hall–Kier alpha value is -2.04. The first kappa shape index (κ1) is 29.5. The molecule has 1 saturated heterocycles. The summed E-state index contributed by atoms with van der Waals surface area (Å²) in [4.78, 5) is 22.5. The van der Waals surface area contributed by atoms with E-state index in [0.29, 0.717) is 23.8 Å². The lowest BCUT2D eigenvalue weighted by Crippen LogP contribution is -2.43. The molecule has 2 heterocycles. The predicted molar refractivity (Wildman–Crippen MR) is 155 cm³/mol. The Kier molecular flexibility index (Phi) is 10.1. The van der Waals surface area contributed by atoms with Crippen LogP contribution < -0.4 is 4.90 Å². The Morgan fingerprint density at radius 2 is 1.84 bits per heavy atom. The number of aryl methyl sites for hydroxylation is 1. The van der Waals surface area contributed by atoms with E-state index in [1.54, 1.807) is 33.5 Å². The lowest BCUT2D eigenvalue weighted by atomic mass is 10.0. The van der Waals surface area contributed by atoms with Crippen LogP contribution in [0, 0.1) is 6.92 Å². The zero-order valence-corrected chi connectivity index (χ0v) is 24.5. The first-order valence-electron chi connectivity index (χ1n) is 12.7. The van der Waals surface area contributed by atoms with Crippen molar-refractivity contribution >= 4 is 55.0 Å². The minimum absolute atomic E-state index is 0. The van der Waals surface area contributed by atoms with E-state index in [2.05, 4.69) is 4.90 Å². The molecule has 1 fully saturated rings. The molecule has 4 rings (SSSR count). The van der Waals surface area contributed by atoms with Crippen molar-refractivity contribution in [2.45, 2.75) is 56.9 Å². The summed E-state index contributed by atoms with van der Waals surface area (Å²) >= 11 is 1.51. The van der Waals surface area contributed by atoms with E-state index in [0.717, 1.165) is 54.4 Å². The molecule has 0 spiro atoms. The first-order chi connectivity index (χ1) is 17.2. The van der Waals surface area contributed by atoms with Crippen molar-refractivity contribution in [2.24, 2.45) is 0 Å². The number of hydrogen-bond donors (Lipinski definition) is 0. The molecule has 0 radical (unpaired) electrons. The Bertz CT molecular complexity index is 1310. The van der Waals surface area contributed by atoms with Gasteiger partial charge < -0.3 is 4.90 Å². The van der Waals surface area contributed by atoms with E-state index in [-0.39, 0.29) is 29.3 Å². The number of benzene rings is 2. The molecule has 10 heteroatoms. The minimum Gasteiger partial charge on any atom is -0.309 e. The predicted octanol–water partition coefficient (Wildman–Crippen LogP) is 5.58. The fourth-order valence-corrected chi connectivity index (χ4v) is 7.61. The SMILES string of the molecule is CCC1CCCCN1S(=O)(=O)c1ccc(C(=O)N(CCCN(C)C)c2nc3c(C)cccc3s2)cc1.Cl. The van der Waals surface area contributed by atoms with Crippen LogP contribution in [-0.2, 0) is 10.0 Å². The maximum absolute atomic E-state index is 13.7. The summed E-state index contributed by atoms with van der Waals surface area (Å²) in [5.41, 5.74) is 2.45. The summed E-state index contributed by atoms with van der Waals surface area (Å²) in [5, 5.41) is 0.666. The van der Waals surface area contributed by atoms with Crippen molar-refractivity contribution in [3.8, 4) is 0 Å². The van der Waals surface area contributed by atoms with Crippen molar-refractivity contribution in [1.29, 1.82) is 0 Å². The van der Waals surface area contributed by atoms with Gasteiger partial charge >= 0.3 is 0 Å². The molecule has 7 nitrogen and oxygen atoms in total. The number of anilines is 1. The van der Waals surface area contributed by atoms with E-state index < -0.39 is 10.0 Å². The normalized spacial score (nSPS) is 16.6. The molecule has 1 aromatic heterocycles. The number of fused-ring (bicyclic) bond motifs is 1. The van der Waals surface area contributed by atoms with Gasteiger partial charge in [0.05, 0.1) is 15.1 Å². The molecule has 0 saturated carbocycles. The molecular weight excluding hydrogens is 528 g/mol. The van der Waals surface area contributed by atoms with Crippen LogP contribution >= 0.6 is 23.7 Å². The second-order valence-electron chi connectivity index (χ2n) is 9.73. The van der Waals surface area contributed by atoms with Crippen molar-refractivity contribution < 1.29 is 13.2 Å². The number of carbonyl (C=O) groups excluding carboxylic acids is 1. The van der Waals surface area contributed by atoms with Crippen LogP contribution in [0.3, 0.4) is 0 Å². The maximum Gasteiger partial charge on any atom is 0.260 e. The van der Waals surface area contributed by atoms with Gasteiger partial charge in [-0.1, -0.05) is 36.8 Å². The highest BCUT2D eigenvalue weighted by Gasteiger charge is 2.32. The van der Waals surface area contributed by atoms with Crippen LogP contribution in [0.2, 0.25) is 0 Å². The van der Waals surface area contributed by atoms with Crippen LogP contribution in [0.4, 0.5) is 5.13 Å². The molecule has 1 amide bonds. The topological polar surface area (TPSA) is 73.8 Å². The fraction of sp³-hybridized carbons (Fsp3) is 0.481. The van der Waals surface area contributed by atoms with Crippen LogP contribution in [0.15, 0.2) is 47.4 Å². The van der Waals surface area contributed by atoms with Crippen molar-refractivity contribution in [3.05, 3.63) is 53.6 Å². The lowest BCUT2D eigenvalue weighted by Gasteiger charge is -2.34. The summed E-state index contributed by atoms with van der Waals surface area (Å²) in [6.45, 7) is 5.99. The number of para-hydroxylation sites is 1. The molecule has 1 aliphatic heterocycles. The molecule has 202 valence electrons. The number of rotatable bonds is 9. The van der Waals surface area contributed by atoms with Crippen LogP contribution in [0.1, 0.15) is 54.9 Å². The highest BCUT2D eigenvalue weighted by Crippen LogP contribution is 2.32. The van der Waals surface area contributed by atoms with Gasteiger partial charge in [-0.15, -0.1) is 12.4 Å². The van der Waals surface area contributed by atoms with Gasteiger partial charge in [-0.25, -0.2) is 13.4 Å². The van der Waals surface area contributed by atoms with Gasteiger partial charge in [0.25, 0.3) is 5.91 Å². The Morgan fingerprint density at radius 3 is 2.49 bits per heavy atom. The van der Waals surface area contributed by atoms with Gasteiger partial charge in [0.2, 0.25) is 10.0 Å². The largest absolute Gasteiger partial charge is 0.309 e. The molecule has 3 aromatic rings. The molecule has 1 atom stereocenters. The average molecular weight is 565 g/mol. The van der Waals surface area contributed by atoms with Gasteiger partial charge in [0.15, 0.2) is 5.13 Å². The minimum atomic E-state index is -3.59. The van der Waals surface area contributed by atoms with Gasteiger partial charge in [-0.3, -0.25) is 9.69 Å². The monoisotopic (exact) mass is 564 g/mol. The first-order valence-corrected chi connectivity index (χ1v) is 14.9. The zero-order chi connectivity index (χ0) is 25.9.